The molecule has 0 aromatic heterocycles. The van der Waals surface area contributed by atoms with Gasteiger partial charge < -0.3 is 0 Å². The number of rotatable bonds is 7. The molecule has 0 radical (unpaired) electrons. The van der Waals surface area contributed by atoms with Crippen LogP contribution in [0.2, 0.25) is 0 Å². The Morgan fingerprint density at radius 2 is 1.94 bits per heavy atom. The van der Waals surface area contributed by atoms with Crippen molar-refractivity contribution in [2.45, 2.75) is 47.5 Å². The molecule has 1 heteroatoms. The Hall–Kier alpha value is -0.490. The van der Waals surface area contributed by atoms with E-state index in [-0.39, 0.29) is 0 Å². The van der Waals surface area contributed by atoms with Crippen LogP contribution in [-0.2, 0) is 0 Å². The first-order valence-electron chi connectivity index (χ1n) is 6.54. The molecule has 98 valence electrons. The van der Waals surface area contributed by atoms with Crippen LogP contribution in [0, 0.1) is 11.8 Å². The lowest BCUT2D eigenvalue weighted by Gasteiger charge is -2.15. The second-order valence-corrected chi connectivity index (χ2v) is 5.32. The van der Waals surface area contributed by atoms with E-state index in [1.807, 2.05) is 0 Å². The maximum Gasteiger partial charge on any atom is 0.0254 e. The maximum atomic E-state index is 5.93. The minimum absolute atomic E-state index is 0.556. The highest BCUT2D eigenvalue weighted by Crippen LogP contribution is 2.23. The number of alkyl halides is 1. The first-order valence-corrected chi connectivity index (χ1v) is 7.08. The fourth-order valence-electron chi connectivity index (χ4n) is 1.75. The molecule has 0 nitrogen and oxygen atoms in total. The Balaban J connectivity index is 4.64. The molecule has 0 aliphatic heterocycles. The lowest BCUT2D eigenvalue weighted by Crippen LogP contribution is -2.03. The molecule has 0 saturated carbocycles. The predicted molar refractivity (Wildman–Crippen MR) is 80.6 cm³/mol. The van der Waals surface area contributed by atoms with E-state index in [1.54, 1.807) is 0 Å². The molecule has 0 aromatic rings. The summed E-state index contributed by atoms with van der Waals surface area (Å²) in [5.41, 5.74) is 3.88. The van der Waals surface area contributed by atoms with E-state index in [4.69, 9.17) is 11.6 Å². The minimum atomic E-state index is 0.556. The number of hydrogen-bond donors (Lipinski definition) is 0. The van der Waals surface area contributed by atoms with Gasteiger partial charge in [0, 0.05) is 5.88 Å². The van der Waals surface area contributed by atoms with Crippen LogP contribution in [0.1, 0.15) is 47.5 Å². The van der Waals surface area contributed by atoms with Gasteiger partial charge in [0.2, 0.25) is 0 Å². The highest BCUT2D eigenvalue weighted by molar-refractivity contribution is 6.18. The summed E-state index contributed by atoms with van der Waals surface area (Å²) in [6.45, 7) is 15.0. The van der Waals surface area contributed by atoms with Crippen molar-refractivity contribution in [1.82, 2.24) is 0 Å². The molecule has 0 aromatic carbocycles. The van der Waals surface area contributed by atoms with Crippen LogP contribution in [0.25, 0.3) is 0 Å². The van der Waals surface area contributed by atoms with Gasteiger partial charge in [0.1, 0.15) is 0 Å². The van der Waals surface area contributed by atoms with E-state index in [1.165, 1.54) is 16.7 Å². The van der Waals surface area contributed by atoms with Crippen LogP contribution in [0.5, 0.6) is 0 Å². The van der Waals surface area contributed by atoms with Crippen LogP contribution in [0.15, 0.2) is 35.5 Å². The standard InChI is InChI=1S/C16H27Cl/c1-7-15(11-17)9-13(5)14(6)10-16(8-2)12(3)4/h8,10,12,15H,5,7,9,11H2,1-4,6H3/b14-10-,16-8+. The average molecular weight is 255 g/mol. The zero-order valence-corrected chi connectivity index (χ0v) is 12.8. The summed E-state index contributed by atoms with van der Waals surface area (Å²) in [6, 6.07) is 0. The summed E-state index contributed by atoms with van der Waals surface area (Å²) < 4.78 is 0. The van der Waals surface area contributed by atoms with Crippen LogP contribution in [0.4, 0.5) is 0 Å². The Bertz CT molecular complexity index is 291. The fourth-order valence-corrected chi connectivity index (χ4v) is 2.08. The molecule has 0 amide bonds. The van der Waals surface area contributed by atoms with Crippen molar-refractivity contribution in [3.8, 4) is 0 Å². The quantitative estimate of drug-likeness (QED) is 0.401. The van der Waals surface area contributed by atoms with Crippen LogP contribution in [0.3, 0.4) is 0 Å². The van der Waals surface area contributed by atoms with Gasteiger partial charge in [-0.05, 0) is 43.3 Å². The Morgan fingerprint density at radius 1 is 1.35 bits per heavy atom. The SMILES string of the molecule is C=C(CC(CC)CCl)/C(C)=C\C(=C/C)C(C)C. The molecule has 1 unspecified atom stereocenters. The molecule has 0 aliphatic rings. The summed E-state index contributed by atoms with van der Waals surface area (Å²) in [6.07, 6.45) is 6.57. The van der Waals surface area contributed by atoms with Crippen LogP contribution < -0.4 is 0 Å². The summed E-state index contributed by atoms with van der Waals surface area (Å²) in [4.78, 5) is 0. The number of allylic oxidation sites excluding steroid dienone is 5. The second kappa shape index (κ2) is 8.58. The summed E-state index contributed by atoms with van der Waals surface area (Å²) >= 11 is 5.93. The highest BCUT2D eigenvalue weighted by Gasteiger charge is 2.08. The number of hydrogen-bond acceptors (Lipinski definition) is 0. The first kappa shape index (κ1) is 16.5. The molecule has 0 bridgehead atoms. The van der Waals surface area contributed by atoms with E-state index in [9.17, 15) is 0 Å². The third kappa shape index (κ3) is 6.12. The minimum Gasteiger partial charge on any atom is -0.126 e. The Morgan fingerprint density at radius 3 is 2.29 bits per heavy atom. The first-order chi connectivity index (χ1) is 7.96. The molecular weight excluding hydrogens is 228 g/mol. The molecule has 0 aliphatic carbocycles. The molecule has 0 spiro atoms. The van der Waals surface area contributed by atoms with Gasteiger partial charge in [-0.2, -0.15) is 0 Å². The van der Waals surface area contributed by atoms with Crippen LogP contribution >= 0.6 is 11.6 Å². The highest BCUT2D eigenvalue weighted by atomic mass is 35.5. The summed E-state index contributed by atoms with van der Waals surface area (Å²) in [5, 5.41) is 0. The Labute approximate surface area is 112 Å². The third-order valence-corrected chi connectivity index (χ3v) is 3.71. The average Bonchev–Trinajstić information content (AvgIpc) is 2.31. The lowest BCUT2D eigenvalue weighted by molar-refractivity contribution is 0.567. The predicted octanol–water partition coefficient (Wildman–Crippen LogP) is 5.75. The van der Waals surface area contributed by atoms with Gasteiger partial charge in [0.15, 0.2) is 0 Å². The number of halogens is 1. The molecule has 0 saturated heterocycles. The molecule has 1 atom stereocenters. The summed E-state index contributed by atoms with van der Waals surface area (Å²) in [7, 11) is 0. The van der Waals surface area contributed by atoms with Crippen LogP contribution in [-0.4, -0.2) is 5.88 Å². The van der Waals surface area contributed by atoms with E-state index in [0.29, 0.717) is 11.8 Å². The van der Waals surface area contributed by atoms with E-state index in [2.05, 4.69) is 53.3 Å². The molecule has 0 N–H and O–H groups in total. The summed E-state index contributed by atoms with van der Waals surface area (Å²) in [5.74, 6) is 1.85. The van der Waals surface area contributed by atoms with E-state index in [0.717, 1.165) is 18.7 Å². The van der Waals surface area contributed by atoms with Gasteiger partial charge in [-0.1, -0.05) is 51.5 Å². The van der Waals surface area contributed by atoms with Gasteiger partial charge in [-0.3, -0.25) is 0 Å². The monoisotopic (exact) mass is 254 g/mol. The van der Waals surface area contributed by atoms with Gasteiger partial charge in [0.05, 0.1) is 0 Å². The largest absolute Gasteiger partial charge is 0.126 e. The third-order valence-electron chi connectivity index (χ3n) is 3.27. The maximum absolute atomic E-state index is 5.93. The van der Waals surface area contributed by atoms with Crippen molar-refractivity contribution in [2.24, 2.45) is 11.8 Å². The van der Waals surface area contributed by atoms with E-state index >= 15 is 0 Å². The van der Waals surface area contributed by atoms with Crippen molar-refractivity contribution in [3.63, 3.8) is 0 Å². The van der Waals surface area contributed by atoms with Gasteiger partial charge in [-0.15, -0.1) is 11.6 Å². The zero-order chi connectivity index (χ0) is 13.4. The van der Waals surface area contributed by atoms with Crippen molar-refractivity contribution < 1.29 is 0 Å². The normalized spacial score (nSPS) is 15.2. The van der Waals surface area contributed by atoms with Crippen molar-refractivity contribution in [2.75, 3.05) is 5.88 Å². The van der Waals surface area contributed by atoms with Gasteiger partial charge in [-0.25, -0.2) is 0 Å². The lowest BCUT2D eigenvalue weighted by atomic mass is 9.92. The topological polar surface area (TPSA) is 0 Å². The fraction of sp³-hybridized carbons (Fsp3) is 0.625. The Kier molecular flexibility index (Phi) is 8.33. The van der Waals surface area contributed by atoms with Crippen molar-refractivity contribution in [1.29, 1.82) is 0 Å². The molecular formula is C16H27Cl. The van der Waals surface area contributed by atoms with E-state index < -0.39 is 0 Å². The van der Waals surface area contributed by atoms with Gasteiger partial charge in [0.25, 0.3) is 0 Å². The second-order valence-electron chi connectivity index (χ2n) is 5.01. The van der Waals surface area contributed by atoms with Crippen molar-refractivity contribution >= 4 is 11.6 Å². The van der Waals surface area contributed by atoms with Crippen molar-refractivity contribution in [3.05, 3.63) is 35.5 Å². The molecule has 0 fully saturated rings. The zero-order valence-electron chi connectivity index (χ0n) is 12.0. The molecule has 17 heavy (non-hydrogen) atoms. The smallest absolute Gasteiger partial charge is 0.0254 e. The van der Waals surface area contributed by atoms with Gasteiger partial charge >= 0.3 is 0 Å². The molecule has 0 heterocycles. The molecule has 0 rings (SSSR count).